The summed E-state index contributed by atoms with van der Waals surface area (Å²) in [5, 5.41) is 6.08. The summed E-state index contributed by atoms with van der Waals surface area (Å²) in [6.07, 6.45) is 1.60. The molecule has 0 atom stereocenters. The monoisotopic (exact) mass is 380 g/mol. The number of nitrogens with zero attached hydrogens (tertiary/aromatic N) is 4. The van der Waals surface area contributed by atoms with Gasteiger partial charge in [0.25, 0.3) is 0 Å². The Morgan fingerprint density at radius 2 is 1.68 bits per heavy atom. The van der Waals surface area contributed by atoms with E-state index in [1.54, 1.807) is 36.5 Å². The minimum absolute atomic E-state index is 0.0212. The molecule has 0 radical (unpaired) electrons. The summed E-state index contributed by atoms with van der Waals surface area (Å²) in [7, 11) is 0. The van der Waals surface area contributed by atoms with Gasteiger partial charge in [0.15, 0.2) is 5.65 Å². The molecule has 0 aliphatic heterocycles. The van der Waals surface area contributed by atoms with Crippen molar-refractivity contribution in [3.05, 3.63) is 66.4 Å². The third-order valence-electron chi connectivity index (χ3n) is 4.17. The van der Waals surface area contributed by atoms with Crippen LogP contribution in [0.4, 0.5) is 32.1 Å². The molecule has 0 saturated heterocycles. The van der Waals surface area contributed by atoms with Crippen molar-refractivity contribution in [1.29, 1.82) is 0 Å². The second kappa shape index (κ2) is 7.22. The van der Waals surface area contributed by atoms with Gasteiger partial charge in [0, 0.05) is 11.7 Å². The maximum atomic E-state index is 14.0. The predicted molar refractivity (Wildman–Crippen MR) is 105 cm³/mol. The van der Waals surface area contributed by atoms with Crippen LogP contribution in [0.1, 0.15) is 19.9 Å². The van der Waals surface area contributed by atoms with Crippen molar-refractivity contribution in [1.82, 2.24) is 19.5 Å². The lowest BCUT2D eigenvalue weighted by Crippen LogP contribution is -2.08. The molecule has 0 aliphatic carbocycles. The van der Waals surface area contributed by atoms with Crippen LogP contribution >= 0.6 is 0 Å². The van der Waals surface area contributed by atoms with Crippen LogP contribution in [0.15, 0.2) is 54.7 Å². The van der Waals surface area contributed by atoms with Gasteiger partial charge in [-0.2, -0.15) is 4.98 Å². The van der Waals surface area contributed by atoms with Crippen LogP contribution in [0.25, 0.3) is 11.2 Å². The lowest BCUT2D eigenvalue weighted by atomic mass is 10.3. The number of rotatable bonds is 5. The lowest BCUT2D eigenvalue weighted by molar-refractivity contribution is 0.615. The van der Waals surface area contributed by atoms with E-state index in [1.807, 2.05) is 18.4 Å². The molecule has 2 aromatic heterocycles. The Morgan fingerprint density at radius 3 is 2.39 bits per heavy atom. The van der Waals surface area contributed by atoms with Crippen LogP contribution in [0.2, 0.25) is 0 Å². The molecule has 0 spiro atoms. The van der Waals surface area contributed by atoms with Crippen molar-refractivity contribution in [3.8, 4) is 0 Å². The first kappa shape index (κ1) is 17.8. The maximum absolute atomic E-state index is 14.0. The minimum atomic E-state index is -0.366. The fourth-order valence-electron chi connectivity index (χ4n) is 2.87. The highest BCUT2D eigenvalue weighted by molar-refractivity contribution is 5.77. The number of anilines is 4. The normalized spacial score (nSPS) is 11.2. The molecule has 0 bridgehead atoms. The van der Waals surface area contributed by atoms with E-state index in [-0.39, 0.29) is 17.7 Å². The van der Waals surface area contributed by atoms with Gasteiger partial charge in [0.2, 0.25) is 11.9 Å². The second-order valence-corrected chi connectivity index (χ2v) is 6.54. The molecule has 2 heterocycles. The molecule has 6 nitrogen and oxygen atoms in total. The highest BCUT2D eigenvalue weighted by atomic mass is 19.1. The molecule has 0 fully saturated rings. The van der Waals surface area contributed by atoms with Crippen LogP contribution in [0.3, 0.4) is 0 Å². The van der Waals surface area contributed by atoms with Gasteiger partial charge in [-0.25, -0.2) is 18.7 Å². The van der Waals surface area contributed by atoms with Crippen molar-refractivity contribution in [2.45, 2.75) is 19.9 Å². The number of hydrogen-bond acceptors (Lipinski definition) is 5. The lowest BCUT2D eigenvalue weighted by Gasteiger charge is -2.14. The van der Waals surface area contributed by atoms with Gasteiger partial charge in [-0.05, 0) is 50.2 Å². The Hall–Kier alpha value is -3.55. The SMILES string of the molecule is CC(C)n1c(Nc2ccccc2F)nc2cnc(Nc3ccc(F)cc3)nc21. The topological polar surface area (TPSA) is 67.7 Å². The zero-order valence-corrected chi connectivity index (χ0v) is 15.3. The Bertz CT molecular complexity index is 1120. The summed E-state index contributed by atoms with van der Waals surface area (Å²) in [6, 6.07) is 12.4. The quantitative estimate of drug-likeness (QED) is 0.500. The zero-order chi connectivity index (χ0) is 19.7. The molecule has 0 saturated carbocycles. The number of imidazole rings is 1. The predicted octanol–water partition coefficient (Wildman–Crippen LogP) is 5.17. The maximum Gasteiger partial charge on any atom is 0.229 e. The van der Waals surface area contributed by atoms with Crippen molar-refractivity contribution >= 4 is 34.4 Å². The first-order chi connectivity index (χ1) is 13.5. The Kier molecular flexibility index (Phi) is 4.60. The number of nitrogens with one attached hydrogen (secondary N) is 2. The summed E-state index contributed by atoms with van der Waals surface area (Å²) < 4.78 is 29.0. The molecular weight excluding hydrogens is 362 g/mol. The summed E-state index contributed by atoms with van der Waals surface area (Å²) in [4.78, 5) is 13.3. The minimum Gasteiger partial charge on any atom is -0.324 e. The summed E-state index contributed by atoms with van der Waals surface area (Å²) >= 11 is 0. The highest BCUT2D eigenvalue weighted by Gasteiger charge is 2.17. The molecule has 2 aromatic carbocycles. The van der Waals surface area contributed by atoms with Crippen LogP contribution in [0.5, 0.6) is 0 Å². The first-order valence-electron chi connectivity index (χ1n) is 8.80. The molecule has 8 heteroatoms. The average Bonchev–Trinajstić information content (AvgIpc) is 3.03. The number of fused-ring (bicyclic) bond motifs is 1. The van der Waals surface area contributed by atoms with Gasteiger partial charge in [-0.3, -0.25) is 4.57 Å². The largest absolute Gasteiger partial charge is 0.324 e. The number of hydrogen-bond donors (Lipinski definition) is 2. The van der Waals surface area contributed by atoms with Gasteiger partial charge in [0.05, 0.1) is 11.9 Å². The van der Waals surface area contributed by atoms with Crippen molar-refractivity contribution in [2.75, 3.05) is 10.6 Å². The van der Waals surface area contributed by atoms with E-state index < -0.39 is 0 Å². The average molecular weight is 380 g/mol. The Labute approximate surface area is 160 Å². The van der Waals surface area contributed by atoms with Crippen LogP contribution in [-0.4, -0.2) is 19.5 Å². The van der Waals surface area contributed by atoms with E-state index in [2.05, 4.69) is 25.6 Å². The molecule has 0 aliphatic rings. The number of benzene rings is 2. The summed E-state index contributed by atoms with van der Waals surface area (Å²) in [6.45, 7) is 3.98. The van der Waals surface area contributed by atoms with Gasteiger partial charge in [-0.15, -0.1) is 0 Å². The Morgan fingerprint density at radius 1 is 0.929 bits per heavy atom. The van der Waals surface area contributed by atoms with E-state index in [9.17, 15) is 8.78 Å². The first-order valence-corrected chi connectivity index (χ1v) is 8.80. The van der Waals surface area contributed by atoms with E-state index >= 15 is 0 Å². The molecule has 0 amide bonds. The number of aromatic nitrogens is 4. The molecule has 2 N–H and O–H groups in total. The fraction of sp³-hybridized carbons (Fsp3) is 0.150. The fourth-order valence-corrected chi connectivity index (χ4v) is 2.87. The van der Waals surface area contributed by atoms with Gasteiger partial charge in [-0.1, -0.05) is 12.1 Å². The zero-order valence-electron chi connectivity index (χ0n) is 15.3. The summed E-state index contributed by atoms with van der Waals surface area (Å²) in [5.41, 5.74) is 2.18. The molecule has 4 aromatic rings. The molecular formula is C20H18F2N6. The Balaban J connectivity index is 1.72. The number of halogens is 2. The van der Waals surface area contributed by atoms with Gasteiger partial charge >= 0.3 is 0 Å². The van der Waals surface area contributed by atoms with Crippen molar-refractivity contribution < 1.29 is 8.78 Å². The summed E-state index contributed by atoms with van der Waals surface area (Å²) in [5.74, 6) is 0.153. The molecule has 4 rings (SSSR count). The standard InChI is InChI=1S/C20H18F2N6/c1-12(2)28-18-17(26-20(28)25-16-6-4-3-5-15(16)22)11-23-19(27-18)24-14-9-7-13(21)8-10-14/h3-12H,1-2H3,(H,25,26)(H,23,24,27). The molecule has 28 heavy (non-hydrogen) atoms. The van der Waals surface area contributed by atoms with Crippen LogP contribution in [0, 0.1) is 11.6 Å². The van der Waals surface area contributed by atoms with E-state index in [4.69, 9.17) is 0 Å². The van der Waals surface area contributed by atoms with Crippen LogP contribution in [-0.2, 0) is 0 Å². The van der Waals surface area contributed by atoms with E-state index in [0.717, 1.165) is 0 Å². The van der Waals surface area contributed by atoms with Crippen molar-refractivity contribution in [3.63, 3.8) is 0 Å². The van der Waals surface area contributed by atoms with E-state index in [0.29, 0.717) is 34.4 Å². The van der Waals surface area contributed by atoms with Crippen molar-refractivity contribution in [2.24, 2.45) is 0 Å². The third-order valence-corrected chi connectivity index (χ3v) is 4.17. The molecule has 142 valence electrons. The van der Waals surface area contributed by atoms with E-state index in [1.165, 1.54) is 18.2 Å². The number of para-hydroxylation sites is 1. The highest BCUT2D eigenvalue weighted by Crippen LogP contribution is 2.27. The third kappa shape index (κ3) is 3.48. The molecule has 0 unspecified atom stereocenters. The van der Waals surface area contributed by atoms with Gasteiger partial charge < -0.3 is 10.6 Å². The smallest absolute Gasteiger partial charge is 0.229 e. The van der Waals surface area contributed by atoms with Crippen LogP contribution < -0.4 is 10.6 Å². The second-order valence-electron chi connectivity index (χ2n) is 6.54. The van der Waals surface area contributed by atoms with Gasteiger partial charge in [0.1, 0.15) is 17.2 Å².